The molecule has 1 aliphatic rings. The summed E-state index contributed by atoms with van der Waals surface area (Å²) in [6.07, 6.45) is 3.59. The minimum absolute atomic E-state index is 0.00481. The highest BCUT2D eigenvalue weighted by Crippen LogP contribution is 2.31. The maximum Gasteiger partial charge on any atom is 0.259 e. The SMILES string of the molecule is CCN(C(=O)c1cc(S(=O)(=O)NC2CCCC2)c(Cl)cc1Cl)c1ccccc1. The molecule has 1 saturated carbocycles. The number of hydrogen-bond acceptors (Lipinski definition) is 3. The van der Waals surface area contributed by atoms with E-state index in [9.17, 15) is 13.2 Å². The lowest BCUT2D eigenvalue weighted by atomic mass is 10.1. The van der Waals surface area contributed by atoms with Crippen molar-refractivity contribution in [2.45, 2.75) is 43.5 Å². The number of hydrogen-bond donors (Lipinski definition) is 1. The number of benzene rings is 2. The fourth-order valence-corrected chi connectivity index (χ4v) is 5.58. The normalized spacial score (nSPS) is 15.0. The van der Waals surface area contributed by atoms with Crippen molar-refractivity contribution >= 4 is 44.8 Å². The monoisotopic (exact) mass is 440 g/mol. The molecule has 0 aromatic heterocycles. The zero-order valence-corrected chi connectivity index (χ0v) is 17.8. The second kappa shape index (κ2) is 8.82. The fraction of sp³-hybridized carbons (Fsp3) is 0.350. The van der Waals surface area contributed by atoms with Gasteiger partial charge in [0.15, 0.2) is 0 Å². The van der Waals surface area contributed by atoms with E-state index in [0.717, 1.165) is 25.7 Å². The first-order valence-electron chi connectivity index (χ1n) is 9.21. The van der Waals surface area contributed by atoms with Gasteiger partial charge in [-0.3, -0.25) is 4.79 Å². The van der Waals surface area contributed by atoms with E-state index in [0.29, 0.717) is 12.2 Å². The molecule has 5 nitrogen and oxygen atoms in total. The lowest BCUT2D eigenvalue weighted by molar-refractivity contribution is 0.0988. The van der Waals surface area contributed by atoms with Gasteiger partial charge < -0.3 is 4.90 Å². The average Bonchev–Trinajstić information content (AvgIpc) is 3.15. The molecule has 0 aliphatic heterocycles. The van der Waals surface area contributed by atoms with Crippen LogP contribution in [0.15, 0.2) is 47.4 Å². The molecule has 1 aliphatic carbocycles. The molecule has 2 aromatic carbocycles. The number of amides is 1. The molecule has 2 aromatic rings. The van der Waals surface area contributed by atoms with E-state index in [2.05, 4.69) is 4.72 Å². The number of para-hydroxylation sites is 1. The van der Waals surface area contributed by atoms with Crippen molar-refractivity contribution in [1.82, 2.24) is 4.72 Å². The smallest absolute Gasteiger partial charge is 0.259 e. The summed E-state index contributed by atoms with van der Waals surface area (Å²) in [6, 6.07) is 11.6. The lowest BCUT2D eigenvalue weighted by Gasteiger charge is -2.22. The molecule has 0 bridgehead atoms. The van der Waals surface area contributed by atoms with Crippen molar-refractivity contribution < 1.29 is 13.2 Å². The maximum atomic E-state index is 13.1. The summed E-state index contributed by atoms with van der Waals surface area (Å²) in [7, 11) is -3.86. The largest absolute Gasteiger partial charge is 0.309 e. The highest BCUT2D eigenvalue weighted by Gasteiger charge is 2.28. The number of carbonyl (C=O) groups excluding carboxylic acids is 1. The minimum Gasteiger partial charge on any atom is -0.309 e. The summed E-state index contributed by atoms with van der Waals surface area (Å²) >= 11 is 12.4. The quantitative estimate of drug-likeness (QED) is 0.695. The molecule has 0 atom stereocenters. The van der Waals surface area contributed by atoms with Crippen LogP contribution < -0.4 is 9.62 Å². The Hall–Kier alpha value is -1.60. The maximum absolute atomic E-state index is 13.1. The van der Waals surface area contributed by atoms with Gasteiger partial charge in [0.25, 0.3) is 5.91 Å². The van der Waals surface area contributed by atoms with Crippen LogP contribution in [0.4, 0.5) is 5.69 Å². The predicted octanol–water partition coefficient (Wildman–Crippen LogP) is 4.88. The molecule has 8 heteroatoms. The van der Waals surface area contributed by atoms with Crippen molar-refractivity contribution in [2.75, 3.05) is 11.4 Å². The van der Waals surface area contributed by atoms with Gasteiger partial charge in [-0.25, -0.2) is 13.1 Å². The number of carbonyl (C=O) groups is 1. The summed E-state index contributed by atoms with van der Waals surface area (Å²) in [5.74, 6) is -0.382. The van der Waals surface area contributed by atoms with E-state index in [-0.39, 0.29) is 32.5 Å². The molecule has 1 fully saturated rings. The third-order valence-corrected chi connectivity index (χ3v) is 7.15. The average molecular weight is 441 g/mol. The van der Waals surface area contributed by atoms with E-state index in [1.165, 1.54) is 17.0 Å². The van der Waals surface area contributed by atoms with Gasteiger partial charge in [-0.05, 0) is 44.0 Å². The van der Waals surface area contributed by atoms with Crippen molar-refractivity contribution in [2.24, 2.45) is 0 Å². The molecular formula is C20H22Cl2N2O3S. The molecule has 0 heterocycles. The van der Waals surface area contributed by atoms with Crippen molar-refractivity contribution in [3.05, 3.63) is 58.1 Å². The second-order valence-electron chi connectivity index (χ2n) is 6.75. The van der Waals surface area contributed by atoms with Crippen LogP contribution in [-0.2, 0) is 10.0 Å². The topological polar surface area (TPSA) is 66.5 Å². The van der Waals surface area contributed by atoms with Crippen LogP contribution >= 0.6 is 23.2 Å². The number of sulfonamides is 1. The van der Waals surface area contributed by atoms with E-state index in [1.807, 2.05) is 37.3 Å². The van der Waals surface area contributed by atoms with E-state index in [4.69, 9.17) is 23.2 Å². The second-order valence-corrected chi connectivity index (χ2v) is 9.25. The van der Waals surface area contributed by atoms with Crippen LogP contribution in [0, 0.1) is 0 Å². The number of halogens is 2. The Bertz CT molecular complexity index is 959. The Balaban J connectivity index is 1.98. The summed E-state index contributed by atoms with van der Waals surface area (Å²) in [5.41, 5.74) is 0.804. The van der Waals surface area contributed by atoms with Gasteiger partial charge in [0, 0.05) is 18.3 Å². The van der Waals surface area contributed by atoms with Gasteiger partial charge in [0.1, 0.15) is 4.90 Å². The van der Waals surface area contributed by atoms with Crippen LogP contribution in [0.5, 0.6) is 0 Å². The Kier molecular flexibility index (Phi) is 6.65. The number of nitrogens with zero attached hydrogens (tertiary/aromatic N) is 1. The Labute approximate surface area is 175 Å². The highest BCUT2D eigenvalue weighted by molar-refractivity contribution is 7.89. The van der Waals surface area contributed by atoms with Crippen molar-refractivity contribution in [3.63, 3.8) is 0 Å². The van der Waals surface area contributed by atoms with E-state index >= 15 is 0 Å². The van der Waals surface area contributed by atoms with Gasteiger partial charge in [-0.2, -0.15) is 0 Å². The Morgan fingerprint density at radius 2 is 1.75 bits per heavy atom. The standard InChI is InChI=1S/C20H22Cl2N2O3S/c1-2-24(15-10-4-3-5-11-15)20(25)16-12-19(18(22)13-17(16)21)28(26,27)23-14-8-6-7-9-14/h3-5,10-14,23H,2,6-9H2,1H3. The molecule has 28 heavy (non-hydrogen) atoms. The van der Waals surface area contributed by atoms with Gasteiger partial charge in [-0.1, -0.05) is 54.2 Å². The molecule has 0 spiro atoms. The number of nitrogens with one attached hydrogen (secondary N) is 1. The molecule has 0 saturated heterocycles. The third-order valence-electron chi connectivity index (χ3n) is 4.85. The lowest BCUT2D eigenvalue weighted by Crippen LogP contribution is -2.34. The van der Waals surface area contributed by atoms with Crippen LogP contribution in [-0.4, -0.2) is 26.9 Å². The molecule has 1 N–H and O–H groups in total. The molecule has 0 radical (unpaired) electrons. The van der Waals surface area contributed by atoms with Crippen molar-refractivity contribution in [3.8, 4) is 0 Å². The van der Waals surface area contributed by atoms with Crippen LogP contribution in [0.1, 0.15) is 43.0 Å². The summed E-state index contributed by atoms with van der Waals surface area (Å²) in [4.78, 5) is 14.5. The van der Waals surface area contributed by atoms with Crippen molar-refractivity contribution in [1.29, 1.82) is 0 Å². The van der Waals surface area contributed by atoms with Gasteiger partial charge in [-0.15, -0.1) is 0 Å². The summed E-state index contributed by atoms with van der Waals surface area (Å²) in [5, 5.41) is 0.110. The third kappa shape index (κ3) is 4.51. The van der Waals surface area contributed by atoms with Gasteiger partial charge in [0.2, 0.25) is 10.0 Å². The molecule has 3 rings (SSSR count). The highest BCUT2D eigenvalue weighted by atomic mass is 35.5. The Morgan fingerprint density at radius 1 is 1.11 bits per heavy atom. The first-order valence-corrected chi connectivity index (χ1v) is 11.5. The van der Waals surface area contributed by atoms with Crippen LogP contribution in [0.3, 0.4) is 0 Å². The molecule has 150 valence electrons. The van der Waals surface area contributed by atoms with Crippen LogP contribution in [0.2, 0.25) is 10.0 Å². The Morgan fingerprint density at radius 3 is 2.36 bits per heavy atom. The van der Waals surface area contributed by atoms with Gasteiger partial charge >= 0.3 is 0 Å². The summed E-state index contributed by atoms with van der Waals surface area (Å²) < 4.78 is 28.4. The number of rotatable bonds is 6. The minimum atomic E-state index is -3.86. The van der Waals surface area contributed by atoms with Crippen LogP contribution in [0.25, 0.3) is 0 Å². The predicted molar refractivity (Wildman–Crippen MR) is 113 cm³/mol. The van der Waals surface area contributed by atoms with Gasteiger partial charge in [0.05, 0.1) is 15.6 Å². The first-order chi connectivity index (χ1) is 13.3. The zero-order valence-electron chi connectivity index (χ0n) is 15.5. The van der Waals surface area contributed by atoms with E-state index in [1.54, 1.807) is 0 Å². The van der Waals surface area contributed by atoms with E-state index < -0.39 is 10.0 Å². The molecule has 1 amide bonds. The first kappa shape index (κ1) is 21.1. The molecular weight excluding hydrogens is 419 g/mol. The number of anilines is 1. The summed E-state index contributed by atoms with van der Waals surface area (Å²) in [6.45, 7) is 2.25. The molecule has 0 unspecified atom stereocenters. The fourth-order valence-electron chi connectivity index (χ4n) is 3.42. The zero-order chi connectivity index (χ0) is 20.3.